The van der Waals surface area contributed by atoms with Crippen LogP contribution in [-0.4, -0.2) is 34.5 Å². The molecule has 1 aromatic rings. The van der Waals surface area contributed by atoms with E-state index in [-0.39, 0.29) is 4.90 Å². The van der Waals surface area contributed by atoms with Gasteiger partial charge in [-0.1, -0.05) is 0 Å². The molecule has 0 saturated carbocycles. The van der Waals surface area contributed by atoms with Gasteiger partial charge >= 0.3 is 0 Å². The number of hydrogen-bond acceptors (Lipinski definition) is 3. The van der Waals surface area contributed by atoms with Gasteiger partial charge in [0.05, 0.1) is 15.7 Å². The fourth-order valence-electron chi connectivity index (χ4n) is 2.24. The molecular weight excluding hydrogens is 251 g/mol. The van der Waals surface area contributed by atoms with E-state index in [1.165, 1.54) is 25.0 Å². The Morgan fingerprint density at radius 1 is 1.33 bits per heavy atom. The monoisotopic (exact) mass is 270 g/mol. The molecule has 1 heterocycles. The third kappa shape index (κ3) is 3.53. The molecule has 0 amide bonds. The van der Waals surface area contributed by atoms with Crippen LogP contribution in [0, 0.1) is 5.82 Å². The smallest absolute Gasteiger partial charge is 0.141 e. The minimum absolute atomic E-state index is 0.269. The van der Waals surface area contributed by atoms with Crippen molar-refractivity contribution >= 4 is 16.5 Å². The zero-order valence-corrected chi connectivity index (χ0v) is 11.2. The number of likely N-dealkylation sites (tertiary alicyclic amines) is 1. The largest absolute Gasteiger partial charge is 0.399 e. The van der Waals surface area contributed by atoms with Gasteiger partial charge in [-0.15, -0.1) is 0 Å². The summed E-state index contributed by atoms with van der Waals surface area (Å²) < 4.78 is 25.5. The number of nitrogen functional groups attached to an aromatic ring is 1. The molecule has 1 fully saturated rings. The summed E-state index contributed by atoms with van der Waals surface area (Å²) >= 11 is 0. The van der Waals surface area contributed by atoms with Gasteiger partial charge in [-0.25, -0.2) is 4.39 Å². The van der Waals surface area contributed by atoms with E-state index in [4.69, 9.17) is 5.73 Å². The average molecular weight is 270 g/mol. The highest BCUT2D eigenvalue weighted by Crippen LogP contribution is 2.16. The summed E-state index contributed by atoms with van der Waals surface area (Å²) in [5, 5.41) is 0. The Hall–Kier alpha value is -0.940. The van der Waals surface area contributed by atoms with Crippen LogP contribution in [0.15, 0.2) is 23.1 Å². The van der Waals surface area contributed by atoms with Gasteiger partial charge < -0.3 is 10.6 Å². The number of nitrogens with two attached hydrogens (primary N) is 1. The molecule has 1 aromatic carbocycles. The van der Waals surface area contributed by atoms with Crippen molar-refractivity contribution in [2.45, 2.75) is 24.2 Å². The number of nitrogens with zero attached hydrogens (tertiary/aromatic N) is 1. The minimum atomic E-state index is -1.26. The summed E-state index contributed by atoms with van der Waals surface area (Å²) in [5.74, 6) is 0.0478. The molecule has 1 atom stereocenters. The quantitative estimate of drug-likeness (QED) is 0.832. The van der Waals surface area contributed by atoms with Crippen LogP contribution in [0.1, 0.15) is 19.3 Å². The first-order chi connectivity index (χ1) is 8.66. The third-order valence-corrected chi connectivity index (χ3v) is 4.69. The van der Waals surface area contributed by atoms with Gasteiger partial charge in [0.2, 0.25) is 0 Å². The van der Waals surface area contributed by atoms with Crippen molar-refractivity contribution in [1.29, 1.82) is 0 Å². The maximum Gasteiger partial charge on any atom is 0.141 e. The number of halogens is 1. The summed E-state index contributed by atoms with van der Waals surface area (Å²) in [6.07, 6.45) is 3.36. The Balaban J connectivity index is 1.83. The van der Waals surface area contributed by atoms with E-state index >= 15 is 0 Å². The summed E-state index contributed by atoms with van der Waals surface area (Å²) in [4.78, 5) is 2.64. The maximum atomic E-state index is 13.5. The van der Waals surface area contributed by atoms with Crippen molar-refractivity contribution < 1.29 is 8.60 Å². The molecular formula is C13H19FN2OS. The third-order valence-electron chi connectivity index (χ3n) is 3.20. The lowest BCUT2D eigenvalue weighted by Crippen LogP contribution is -2.21. The highest BCUT2D eigenvalue weighted by molar-refractivity contribution is 7.85. The van der Waals surface area contributed by atoms with Crippen molar-refractivity contribution in [3.05, 3.63) is 24.0 Å². The Morgan fingerprint density at radius 2 is 2.06 bits per heavy atom. The van der Waals surface area contributed by atoms with Gasteiger partial charge in [0.15, 0.2) is 0 Å². The number of hydrogen-bond donors (Lipinski definition) is 1. The molecule has 0 bridgehead atoms. The number of rotatable bonds is 5. The summed E-state index contributed by atoms with van der Waals surface area (Å²) in [6, 6.07) is 4.35. The first kappa shape index (κ1) is 13.5. The van der Waals surface area contributed by atoms with Gasteiger partial charge in [-0.2, -0.15) is 0 Å². The Labute approximate surface area is 110 Å². The van der Waals surface area contributed by atoms with E-state index < -0.39 is 16.6 Å². The molecule has 0 aliphatic carbocycles. The van der Waals surface area contributed by atoms with Crippen LogP contribution in [0.4, 0.5) is 10.1 Å². The topological polar surface area (TPSA) is 46.3 Å². The van der Waals surface area contributed by atoms with E-state index in [1.807, 2.05) is 0 Å². The van der Waals surface area contributed by atoms with Gasteiger partial charge in [-0.05, 0) is 57.1 Å². The van der Waals surface area contributed by atoms with Crippen molar-refractivity contribution in [3.8, 4) is 0 Å². The van der Waals surface area contributed by atoms with E-state index in [2.05, 4.69) is 4.90 Å². The van der Waals surface area contributed by atoms with Crippen molar-refractivity contribution in [2.75, 3.05) is 31.1 Å². The van der Waals surface area contributed by atoms with Crippen LogP contribution in [-0.2, 0) is 10.8 Å². The lowest BCUT2D eigenvalue weighted by atomic mass is 10.3. The predicted molar refractivity (Wildman–Crippen MR) is 72.4 cm³/mol. The normalized spacial score (nSPS) is 18.1. The van der Waals surface area contributed by atoms with Crippen molar-refractivity contribution in [1.82, 2.24) is 4.90 Å². The lowest BCUT2D eigenvalue weighted by molar-refractivity contribution is 0.340. The highest BCUT2D eigenvalue weighted by atomic mass is 32.2. The van der Waals surface area contributed by atoms with Crippen LogP contribution < -0.4 is 5.73 Å². The number of benzene rings is 1. The van der Waals surface area contributed by atoms with Gasteiger partial charge in [-0.3, -0.25) is 4.21 Å². The summed E-state index contributed by atoms with van der Waals surface area (Å²) in [6.45, 7) is 3.24. The Morgan fingerprint density at radius 3 is 2.72 bits per heavy atom. The minimum Gasteiger partial charge on any atom is -0.399 e. The molecule has 18 heavy (non-hydrogen) atoms. The van der Waals surface area contributed by atoms with Crippen LogP contribution in [0.5, 0.6) is 0 Å². The average Bonchev–Trinajstić information content (AvgIpc) is 2.81. The van der Waals surface area contributed by atoms with Gasteiger partial charge in [0.25, 0.3) is 0 Å². The van der Waals surface area contributed by atoms with Crippen LogP contribution in [0.25, 0.3) is 0 Å². The first-order valence-electron chi connectivity index (χ1n) is 6.32. The second kappa shape index (κ2) is 6.29. The molecule has 1 aliphatic rings. The molecule has 1 unspecified atom stereocenters. The molecule has 0 radical (unpaired) electrons. The van der Waals surface area contributed by atoms with Crippen LogP contribution in [0.3, 0.4) is 0 Å². The lowest BCUT2D eigenvalue weighted by Gasteiger charge is -2.13. The molecule has 0 spiro atoms. The van der Waals surface area contributed by atoms with Gasteiger partial charge in [0.1, 0.15) is 5.82 Å². The van der Waals surface area contributed by atoms with Crippen LogP contribution >= 0.6 is 0 Å². The molecule has 2 N–H and O–H groups in total. The maximum absolute atomic E-state index is 13.5. The summed E-state index contributed by atoms with van der Waals surface area (Å²) in [5.41, 5.74) is 5.83. The number of anilines is 1. The highest BCUT2D eigenvalue weighted by Gasteiger charge is 2.13. The SMILES string of the molecule is Nc1ccc(S(=O)CCCN2CCCC2)c(F)c1. The van der Waals surface area contributed by atoms with Crippen LogP contribution in [0.2, 0.25) is 0 Å². The molecule has 3 nitrogen and oxygen atoms in total. The molecule has 1 aliphatic heterocycles. The van der Waals surface area contributed by atoms with E-state index in [0.29, 0.717) is 11.4 Å². The zero-order valence-electron chi connectivity index (χ0n) is 10.4. The molecule has 1 saturated heterocycles. The fraction of sp³-hybridized carbons (Fsp3) is 0.538. The van der Waals surface area contributed by atoms with Gasteiger partial charge in [0, 0.05) is 11.4 Å². The zero-order chi connectivity index (χ0) is 13.0. The van der Waals surface area contributed by atoms with E-state index in [0.717, 1.165) is 26.1 Å². The van der Waals surface area contributed by atoms with E-state index in [1.54, 1.807) is 6.07 Å². The molecule has 100 valence electrons. The fourth-order valence-corrected chi connectivity index (χ4v) is 3.34. The Kier molecular flexibility index (Phi) is 4.72. The Bertz CT molecular complexity index is 433. The predicted octanol–water partition coefficient (Wildman–Crippen LogP) is 2.00. The standard InChI is InChI=1S/C13H19FN2OS/c14-12-10-11(15)4-5-13(12)18(17)9-3-8-16-6-1-2-7-16/h4-5,10H,1-3,6-9,15H2. The molecule has 0 aromatic heterocycles. The van der Waals surface area contributed by atoms with Crippen molar-refractivity contribution in [3.63, 3.8) is 0 Å². The molecule has 5 heteroatoms. The second-order valence-corrected chi connectivity index (χ2v) is 6.18. The second-order valence-electron chi connectivity index (χ2n) is 4.64. The summed E-state index contributed by atoms with van der Waals surface area (Å²) in [7, 11) is -1.26. The van der Waals surface area contributed by atoms with E-state index in [9.17, 15) is 8.60 Å². The molecule has 2 rings (SSSR count). The first-order valence-corrected chi connectivity index (χ1v) is 7.64. The van der Waals surface area contributed by atoms with Crippen molar-refractivity contribution in [2.24, 2.45) is 0 Å².